The predicted octanol–water partition coefficient (Wildman–Crippen LogP) is 3.62. The summed E-state index contributed by atoms with van der Waals surface area (Å²) in [5.74, 6) is 0. The van der Waals surface area contributed by atoms with Crippen LogP contribution in [0.2, 0.25) is 0 Å². The smallest absolute Gasteiger partial charge is 0.157 e. The highest BCUT2D eigenvalue weighted by Crippen LogP contribution is 2.27. The average molecular weight is 399 g/mol. The maximum absolute atomic E-state index is 5.91. The number of ether oxygens (including phenoxy) is 1. The second-order valence-electron chi connectivity index (χ2n) is 6.15. The fraction of sp³-hybridized carbons (Fsp3) is 0.263. The molecular weight excluding hydrogens is 380 g/mol. The first-order valence-corrected chi connectivity index (χ1v) is 9.11. The molecule has 0 N–H and O–H groups in total. The first-order chi connectivity index (χ1) is 12.3. The quantitative estimate of drug-likeness (QED) is 0.658. The number of hydrogen-bond acceptors (Lipinski definition) is 4. The minimum absolute atomic E-state index is 0.128. The van der Waals surface area contributed by atoms with Crippen molar-refractivity contribution in [3.8, 4) is 0 Å². The van der Waals surface area contributed by atoms with Gasteiger partial charge in [0.25, 0.3) is 0 Å². The van der Waals surface area contributed by atoms with Crippen LogP contribution in [0.15, 0.2) is 65.3 Å². The third-order valence-electron chi connectivity index (χ3n) is 4.26. The van der Waals surface area contributed by atoms with Gasteiger partial charge in [0.2, 0.25) is 0 Å². The molecule has 4 rings (SSSR count). The zero-order chi connectivity index (χ0) is 17.1. The summed E-state index contributed by atoms with van der Waals surface area (Å²) in [7, 11) is 0. The minimum atomic E-state index is -0.128. The van der Waals surface area contributed by atoms with Crippen molar-refractivity contribution in [2.75, 3.05) is 13.2 Å². The molecule has 5 nitrogen and oxygen atoms in total. The number of nitrogens with zero attached hydrogens (tertiary/aromatic N) is 4. The van der Waals surface area contributed by atoms with Crippen molar-refractivity contribution in [2.45, 2.75) is 19.3 Å². The number of benzene rings is 2. The molecule has 2 heterocycles. The molecule has 3 aromatic rings. The maximum atomic E-state index is 5.91. The van der Waals surface area contributed by atoms with Gasteiger partial charge >= 0.3 is 0 Å². The molecule has 0 amide bonds. The summed E-state index contributed by atoms with van der Waals surface area (Å²) in [6, 6.07) is 18.7. The summed E-state index contributed by atoms with van der Waals surface area (Å²) in [5.41, 5.74) is 3.32. The minimum Gasteiger partial charge on any atom is -0.356 e. The Morgan fingerprint density at radius 1 is 1.04 bits per heavy atom. The van der Waals surface area contributed by atoms with Gasteiger partial charge in [0.15, 0.2) is 6.23 Å². The Bertz CT molecular complexity index is 836. The molecule has 2 aromatic carbocycles. The van der Waals surface area contributed by atoms with E-state index in [2.05, 4.69) is 67.5 Å². The molecule has 128 valence electrons. The van der Waals surface area contributed by atoms with Crippen molar-refractivity contribution in [1.29, 1.82) is 0 Å². The standard InChI is InChI=1S/C19H19BrN4O/c20-17-8-4-7-16(11-17)13-24-14-18(21-22-24)19-23(9-10-25-19)12-15-5-2-1-3-6-15/h1-8,11,14,19H,9-10,12-13H2/t19-/m1/s1. The molecule has 0 aliphatic carbocycles. The molecule has 6 heteroatoms. The number of hydrogen-bond donors (Lipinski definition) is 0. The number of rotatable bonds is 5. The maximum Gasteiger partial charge on any atom is 0.157 e. The van der Waals surface area contributed by atoms with E-state index in [4.69, 9.17) is 4.74 Å². The monoisotopic (exact) mass is 398 g/mol. The Balaban J connectivity index is 1.47. The largest absolute Gasteiger partial charge is 0.356 e. The molecule has 0 radical (unpaired) electrons. The Kier molecular flexibility index (Phi) is 4.92. The van der Waals surface area contributed by atoms with Crippen LogP contribution in [0.4, 0.5) is 0 Å². The molecule has 1 saturated heterocycles. The van der Waals surface area contributed by atoms with Gasteiger partial charge in [0, 0.05) is 17.6 Å². The van der Waals surface area contributed by atoms with Crippen LogP contribution in [0.5, 0.6) is 0 Å². The van der Waals surface area contributed by atoms with Crippen molar-refractivity contribution in [1.82, 2.24) is 19.9 Å². The molecule has 1 atom stereocenters. The van der Waals surface area contributed by atoms with Gasteiger partial charge in [-0.3, -0.25) is 4.90 Å². The molecule has 0 unspecified atom stereocenters. The van der Waals surface area contributed by atoms with E-state index in [1.54, 1.807) is 0 Å². The van der Waals surface area contributed by atoms with E-state index in [0.29, 0.717) is 6.54 Å². The van der Waals surface area contributed by atoms with Crippen molar-refractivity contribution >= 4 is 15.9 Å². The van der Waals surface area contributed by atoms with Crippen LogP contribution >= 0.6 is 15.9 Å². The van der Waals surface area contributed by atoms with Crippen molar-refractivity contribution in [3.63, 3.8) is 0 Å². The van der Waals surface area contributed by atoms with E-state index in [1.165, 1.54) is 11.1 Å². The lowest BCUT2D eigenvalue weighted by Crippen LogP contribution is -2.23. The SMILES string of the molecule is Brc1cccc(Cn2cc([C@H]3OCCN3Cc3ccccc3)nn2)c1. The van der Waals surface area contributed by atoms with Crippen LogP contribution in [0.3, 0.4) is 0 Å². The van der Waals surface area contributed by atoms with Crippen molar-refractivity contribution < 1.29 is 4.74 Å². The summed E-state index contributed by atoms with van der Waals surface area (Å²) in [5, 5.41) is 8.62. The zero-order valence-electron chi connectivity index (χ0n) is 13.8. The number of halogens is 1. The first kappa shape index (κ1) is 16.4. The lowest BCUT2D eigenvalue weighted by atomic mass is 10.2. The van der Waals surface area contributed by atoms with Crippen LogP contribution in [-0.4, -0.2) is 33.0 Å². The van der Waals surface area contributed by atoms with Crippen LogP contribution in [0.1, 0.15) is 23.0 Å². The summed E-state index contributed by atoms with van der Waals surface area (Å²) in [6.07, 6.45) is 1.85. The van der Waals surface area contributed by atoms with E-state index in [-0.39, 0.29) is 6.23 Å². The van der Waals surface area contributed by atoms with Crippen LogP contribution in [0, 0.1) is 0 Å². The second kappa shape index (κ2) is 7.47. The lowest BCUT2D eigenvalue weighted by Gasteiger charge is -2.20. The van der Waals surface area contributed by atoms with Gasteiger partial charge in [-0.15, -0.1) is 5.10 Å². The van der Waals surface area contributed by atoms with Crippen LogP contribution in [-0.2, 0) is 17.8 Å². The van der Waals surface area contributed by atoms with Crippen LogP contribution in [0.25, 0.3) is 0 Å². The molecule has 1 aliphatic rings. The van der Waals surface area contributed by atoms with Gasteiger partial charge < -0.3 is 4.74 Å². The van der Waals surface area contributed by atoms with Gasteiger partial charge in [-0.2, -0.15) is 0 Å². The highest BCUT2D eigenvalue weighted by atomic mass is 79.9. The Morgan fingerprint density at radius 2 is 1.88 bits per heavy atom. The summed E-state index contributed by atoms with van der Waals surface area (Å²) in [6.45, 7) is 3.16. The van der Waals surface area contributed by atoms with Gasteiger partial charge in [0.05, 0.1) is 19.3 Å². The lowest BCUT2D eigenvalue weighted by molar-refractivity contribution is 0.0252. The highest BCUT2D eigenvalue weighted by Gasteiger charge is 2.29. The molecule has 25 heavy (non-hydrogen) atoms. The molecular formula is C19H19BrN4O. The molecule has 0 bridgehead atoms. The Labute approximate surface area is 155 Å². The Morgan fingerprint density at radius 3 is 2.72 bits per heavy atom. The van der Waals surface area contributed by atoms with E-state index >= 15 is 0 Å². The number of aromatic nitrogens is 3. The van der Waals surface area contributed by atoms with E-state index in [0.717, 1.165) is 29.9 Å². The predicted molar refractivity (Wildman–Crippen MR) is 98.8 cm³/mol. The fourth-order valence-corrected chi connectivity index (χ4v) is 3.53. The van der Waals surface area contributed by atoms with Gasteiger partial charge in [-0.1, -0.05) is 63.6 Å². The third-order valence-corrected chi connectivity index (χ3v) is 4.75. The van der Waals surface area contributed by atoms with Crippen molar-refractivity contribution in [2.24, 2.45) is 0 Å². The van der Waals surface area contributed by atoms with E-state index in [1.807, 2.05) is 29.1 Å². The highest BCUT2D eigenvalue weighted by molar-refractivity contribution is 9.10. The molecule has 1 aromatic heterocycles. The molecule has 0 saturated carbocycles. The first-order valence-electron chi connectivity index (χ1n) is 8.32. The molecule has 1 fully saturated rings. The second-order valence-corrected chi connectivity index (χ2v) is 7.07. The summed E-state index contributed by atoms with van der Waals surface area (Å²) < 4.78 is 8.84. The van der Waals surface area contributed by atoms with Crippen LogP contribution < -0.4 is 0 Å². The zero-order valence-corrected chi connectivity index (χ0v) is 15.3. The Hall–Kier alpha value is -2.02. The third kappa shape index (κ3) is 3.98. The van der Waals surface area contributed by atoms with Crippen molar-refractivity contribution in [3.05, 3.63) is 82.1 Å². The molecule has 1 aliphatic heterocycles. The fourth-order valence-electron chi connectivity index (χ4n) is 3.08. The normalized spacial score (nSPS) is 17.9. The summed E-state index contributed by atoms with van der Waals surface area (Å²) >= 11 is 3.50. The molecule has 0 spiro atoms. The topological polar surface area (TPSA) is 43.2 Å². The summed E-state index contributed by atoms with van der Waals surface area (Å²) in [4.78, 5) is 2.29. The van der Waals surface area contributed by atoms with E-state index in [9.17, 15) is 0 Å². The van der Waals surface area contributed by atoms with Gasteiger partial charge in [-0.25, -0.2) is 4.68 Å². The van der Waals surface area contributed by atoms with E-state index < -0.39 is 0 Å². The van der Waals surface area contributed by atoms with Gasteiger partial charge in [0.1, 0.15) is 5.69 Å². The van der Waals surface area contributed by atoms with Gasteiger partial charge in [-0.05, 0) is 23.3 Å². The average Bonchev–Trinajstić information content (AvgIpc) is 3.25.